The van der Waals surface area contributed by atoms with Crippen LogP contribution in [-0.2, 0) is 9.53 Å². The number of ether oxygens (including phenoxy) is 1. The van der Waals surface area contributed by atoms with Crippen LogP contribution in [0.4, 0.5) is 5.69 Å². The highest BCUT2D eigenvalue weighted by Crippen LogP contribution is 2.10. The molecule has 5 nitrogen and oxygen atoms in total. The molecule has 0 saturated heterocycles. The van der Waals surface area contributed by atoms with Crippen LogP contribution < -0.4 is 10.6 Å². The van der Waals surface area contributed by atoms with E-state index in [-0.39, 0.29) is 18.4 Å². The second-order valence-electron chi connectivity index (χ2n) is 3.74. The highest BCUT2D eigenvalue weighted by Gasteiger charge is 2.05. The molecule has 0 spiro atoms. The zero-order valence-electron chi connectivity index (χ0n) is 10.9. The van der Waals surface area contributed by atoms with Crippen molar-refractivity contribution in [2.45, 2.75) is 6.92 Å². The van der Waals surface area contributed by atoms with E-state index in [1.807, 2.05) is 0 Å². The van der Waals surface area contributed by atoms with Crippen molar-refractivity contribution in [1.29, 1.82) is 0 Å². The average Bonchev–Trinajstić information content (AvgIpc) is 2.43. The van der Waals surface area contributed by atoms with Gasteiger partial charge in [-0.3, -0.25) is 4.79 Å². The van der Waals surface area contributed by atoms with Gasteiger partial charge in [0.2, 0.25) is 5.91 Å². The van der Waals surface area contributed by atoms with E-state index in [2.05, 4.69) is 17.2 Å². The summed E-state index contributed by atoms with van der Waals surface area (Å²) in [5.41, 5.74) is 1.25. The Morgan fingerprint density at radius 1 is 1.32 bits per heavy atom. The van der Waals surface area contributed by atoms with Crippen LogP contribution in [-0.4, -0.2) is 31.6 Å². The molecule has 0 aliphatic heterocycles. The van der Waals surface area contributed by atoms with Gasteiger partial charge in [-0.05, 0) is 31.2 Å². The lowest BCUT2D eigenvalue weighted by Gasteiger charge is -2.07. The van der Waals surface area contributed by atoms with Gasteiger partial charge in [0.15, 0.2) is 0 Å². The Hall–Kier alpha value is -2.30. The van der Waals surface area contributed by atoms with Crippen LogP contribution in [0.2, 0.25) is 0 Å². The Morgan fingerprint density at radius 3 is 2.58 bits per heavy atom. The number of anilines is 1. The molecule has 0 bridgehead atoms. The van der Waals surface area contributed by atoms with Gasteiger partial charge in [0.05, 0.1) is 18.7 Å². The first-order valence-corrected chi connectivity index (χ1v) is 6.06. The summed E-state index contributed by atoms with van der Waals surface area (Å²) in [6, 6.07) is 6.77. The molecule has 0 heterocycles. The molecule has 0 atom stereocenters. The molecule has 0 aromatic heterocycles. The minimum Gasteiger partial charge on any atom is -0.462 e. The lowest BCUT2D eigenvalue weighted by molar-refractivity contribution is -0.119. The van der Waals surface area contributed by atoms with Crippen LogP contribution in [0.25, 0.3) is 0 Å². The summed E-state index contributed by atoms with van der Waals surface area (Å²) in [5, 5.41) is 5.61. The molecular formula is C14H18N2O3. The van der Waals surface area contributed by atoms with Crippen molar-refractivity contribution >= 4 is 17.6 Å². The van der Waals surface area contributed by atoms with Crippen LogP contribution in [0, 0.1) is 0 Å². The van der Waals surface area contributed by atoms with Crippen LogP contribution in [0.3, 0.4) is 0 Å². The molecule has 102 valence electrons. The third-order valence-corrected chi connectivity index (χ3v) is 2.29. The van der Waals surface area contributed by atoms with Crippen molar-refractivity contribution in [3.63, 3.8) is 0 Å². The lowest BCUT2D eigenvalue weighted by atomic mass is 10.2. The molecule has 1 aromatic rings. The standard InChI is InChI=1S/C14H18N2O3/c1-3-9-15-13(17)10-16-12-7-5-11(6-8-12)14(18)19-4-2/h3,5-8,16H,1,4,9-10H2,2H3,(H,15,17). The maximum absolute atomic E-state index is 11.4. The number of carbonyl (C=O) groups excluding carboxylic acids is 2. The van der Waals surface area contributed by atoms with Crippen molar-refractivity contribution in [3.8, 4) is 0 Å². The quantitative estimate of drug-likeness (QED) is 0.578. The SMILES string of the molecule is C=CCNC(=O)CNc1ccc(C(=O)OCC)cc1. The molecule has 0 fully saturated rings. The number of carbonyl (C=O) groups is 2. The van der Waals surface area contributed by atoms with E-state index in [0.717, 1.165) is 5.69 Å². The molecule has 2 N–H and O–H groups in total. The van der Waals surface area contributed by atoms with Gasteiger partial charge in [-0.1, -0.05) is 6.08 Å². The molecule has 19 heavy (non-hydrogen) atoms. The van der Waals surface area contributed by atoms with E-state index < -0.39 is 0 Å². The fourth-order valence-corrected chi connectivity index (χ4v) is 1.37. The first-order valence-electron chi connectivity index (χ1n) is 6.06. The third kappa shape index (κ3) is 5.25. The second-order valence-corrected chi connectivity index (χ2v) is 3.74. The Labute approximate surface area is 112 Å². The molecule has 0 aliphatic rings. The van der Waals surface area contributed by atoms with Gasteiger partial charge in [0.25, 0.3) is 0 Å². The van der Waals surface area contributed by atoms with E-state index in [0.29, 0.717) is 18.7 Å². The van der Waals surface area contributed by atoms with Gasteiger partial charge in [-0.25, -0.2) is 4.79 Å². The van der Waals surface area contributed by atoms with Crippen LogP contribution >= 0.6 is 0 Å². The first kappa shape index (κ1) is 14.8. The molecule has 1 aromatic carbocycles. The summed E-state index contributed by atoms with van der Waals surface area (Å²) in [6.07, 6.45) is 1.62. The predicted octanol–water partition coefficient (Wildman–Crippen LogP) is 1.58. The lowest BCUT2D eigenvalue weighted by Crippen LogP contribution is -2.29. The predicted molar refractivity (Wildman–Crippen MR) is 74.1 cm³/mol. The Bertz CT molecular complexity index is 441. The van der Waals surface area contributed by atoms with Gasteiger partial charge in [0, 0.05) is 12.2 Å². The topological polar surface area (TPSA) is 67.4 Å². The Kier molecular flexibility index (Phi) is 6.15. The summed E-state index contributed by atoms with van der Waals surface area (Å²) < 4.78 is 4.88. The smallest absolute Gasteiger partial charge is 0.338 e. The molecule has 1 amide bonds. The van der Waals surface area contributed by atoms with E-state index in [1.54, 1.807) is 37.3 Å². The number of hydrogen-bond acceptors (Lipinski definition) is 4. The molecule has 5 heteroatoms. The van der Waals surface area contributed by atoms with E-state index >= 15 is 0 Å². The summed E-state index contributed by atoms with van der Waals surface area (Å²) in [4.78, 5) is 22.8. The minimum atomic E-state index is -0.349. The number of esters is 1. The molecule has 0 radical (unpaired) electrons. The largest absolute Gasteiger partial charge is 0.462 e. The number of amides is 1. The van der Waals surface area contributed by atoms with Gasteiger partial charge in [0.1, 0.15) is 0 Å². The fourth-order valence-electron chi connectivity index (χ4n) is 1.37. The summed E-state index contributed by atoms with van der Waals surface area (Å²) in [5.74, 6) is -0.466. The molecule has 0 saturated carbocycles. The van der Waals surface area contributed by atoms with E-state index in [9.17, 15) is 9.59 Å². The maximum atomic E-state index is 11.4. The zero-order chi connectivity index (χ0) is 14.1. The molecule has 1 rings (SSSR count). The molecular weight excluding hydrogens is 244 g/mol. The first-order chi connectivity index (χ1) is 9.17. The Morgan fingerprint density at radius 2 is 2.00 bits per heavy atom. The van der Waals surface area contributed by atoms with Crippen molar-refractivity contribution in [2.75, 3.05) is 25.0 Å². The monoisotopic (exact) mass is 262 g/mol. The van der Waals surface area contributed by atoms with Gasteiger partial charge in [-0.2, -0.15) is 0 Å². The van der Waals surface area contributed by atoms with Crippen molar-refractivity contribution in [3.05, 3.63) is 42.5 Å². The minimum absolute atomic E-state index is 0.116. The van der Waals surface area contributed by atoms with Crippen LogP contribution in [0.5, 0.6) is 0 Å². The van der Waals surface area contributed by atoms with Gasteiger partial charge in [-0.15, -0.1) is 6.58 Å². The average molecular weight is 262 g/mol. The fraction of sp³-hybridized carbons (Fsp3) is 0.286. The van der Waals surface area contributed by atoms with Gasteiger partial charge < -0.3 is 15.4 Å². The maximum Gasteiger partial charge on any atom is 0.338 e. The Balaban J connectivity index is 2.46. The summed E-state index contributed by atoms with van der Waals surface area (Å²) in [6.45, 7) is 6.24. The highest BCUT2D eigenvalue weighted by atomic mass is 16.5. The molecule has 0 unspecified atom stereocenters. The highest BCUT2D eigenvalue weighted by molar-refractivity contribution is 5.90. The van der Waals surface area contributed by atoms with Crippen LogP contribution in [0.1, 0.15) is 17.3 Å². The van der Waals surface area contributed by atoms with Crippen molar-refractivity contribution < 1.29 is 14.3 Å². The van der Waals surface area contributed by atoms with Crippen LogP contribution in [0.15, 0.2) is 36.9 Å². The van der Waals surface area contributed by atoms with E-state index in [4.69, 9.17) is 4.74 Å². The second kappa shape index (κ2) is 7.92. The summed E-state index contributed by atoms with van der Waals surface area (Å²) >= 11 is 0. The molecule has 0 aliphatic carbocycles. The van der Waals surface area contributed by atoms with Crippen molar-refractivity contribution in [2.24, 2.45) is 0 Å². The van der Waals surface area contributed by atoms with Crippen molar-refractivity contribution in [1.82, 2.24) is 5.32 Å². The zero-order valence-corrected chi connectivity index (χ0v) is 10.9. The number of nitrogens with one attached hydrogen (secondary N) is 2. The number of hydrogen-bond donors (Lipinski definition) is 2. The van der Waals surface area contributed by atoms with Gasteiger partial charge >= 0.3 is 5.97 Å². The number of benzene rings is 1. The number of rotatable bonds is 7. The third-order valence-electron chi connectivity index (χ3n) is 2.29. The van der Waals surface area contributed by atoms with E-state index in [1.165, 1.54) is 0 Å². The normalized spacial score (nSPS) is 9.53. The summed E-state index contributed by atoms with van der Waals surface area (Å²) in [7, 11) is 0.